The van der Waals surface area contributed by atoms with Crippen molar-refractivity contribution in [3.8, 4) is 0 Å². The summed E-state index contributed by atoms with van der Waals surface area (Å²) in [5, 5.41) is 11.4. The molecule has 8 heteroatoms. The molecule has 1 aliphatic heterocycles. The van der Waals surface area contributed by atoms with Crippen molar-refractivity contribution in [2.75, 3.05) is 53.4 Å². The first kappa shape index (κ1) is 16.2. The van der Waals surface area contributed by atoms with E-state index in [4.69, 9.17) is 5.11 Å². The van der Waals surface area contributed by atoms with Crippen LogP contribution < -0.4 is 5.32 Å². The second-order valence-corrected chi connectivity index (χ2v) is 4.93. The summed E-state index contributed by atoms with van der Waals surface area (Å²) in [7, 11) is 3.34. The zero-order chi connectivity index (χ0) is 15.1. The molecule has 0 aromatic rings. The molecule has 0 aliphatic carbocycles. The molecular weight excluding hydrogens is 264 g/mol. The van der Waals surface area contributed by atoms with Gasteiger partial charge in [0.25, 0.3) is 0 Å². The minimum absolute atomic E-state index is 0.00674. The molecule has 0 unspecified atom stereocenters. The molecular formula is C12H22N4O4. The van der Waals surface area contributed by atoms with Gasteiger partial charge < -0.3 is 20.2 Å². The van der Waals surface area contributed by atoms with Crippen LogP contribution in [0.2, 0.25) is 0 Å². The fraction of sp³-hybridized carbons (Fsp3) is 0.750. The first-order valence-electron chi connectivity index (χ1n) is 6.57. The Morgan fingerprint density at radius 3 is 2.25 bits per heavy atom. The van der Waals surface area contributed by atoms with Gasteiger partial charge in [0, 0.05) is 53.2 Å². The van der Waals surface area contributed by atoms with Crippen LogP contribution in [0.4, 0.5) is 4.79 Å². The number of piperazine rings is 1. The topological polar surface area (TPSA) is 93.2 Å². The molecule has 8 nitrogen and oxygen atoms in total. The lowest BCUT2D eigenvalue weighted by molar-refractivity contribution is -0.138. The van der Waals surface area contributed by atoms with E-state index in [-0.39, 0.29) is 24.9 Å². The van der Waals surface area contributed by atoms with E-state index in [1.165, 1.54) is 4.90 Å². The minimum Gasteiger partial charge on any atom is -0.480 e. The molecule has 0 spiro atoms. The average Bonchev–Trinajstić information content (AvgIpc) is 2.38. The Balaban J connectivity index is 2.22. The van der Waals surface area contributed by atoms with Gasteiger partial charge in [-0.3, -0.25) is 14.5 Å². The predicted octanol–water partition coefficient (Wildman–Crippen LogP) is -1.12. The first-order valence-corrected chi connectivity index (χ1v) is 6.57. The van der Waals surface area contributed by atoms with Crippen LogP contribution in [-0.4, -0.2) is 91.1 Å². The monoisotopic (exact) mass is 286 g/mol. The molecule has 1 saturated heterocycles. The second kappa shape index (κ2) is 7.68. The van der Waals surface area contributed by atoms with E-state index in [2.05, 4.69) is 5.32 Å². The van der Waals surface area contributed by atoms with Crippen LogP contribution in [0.5, 0.6) is 0 Å². The summed E-state index contributed by atoms with van der Waals surface area (Å²) in [5.41, 5.74) is 0. The number of aliphatic carboxylic acids is 1. The third-order valence-corrected chi connectivity index (χ3v) is 3.13. The Hall–Kier alpha value is -1.83. The standard InChI is InChI=1S/C12H22N4O4/c1-14(2)10(17)3-4-13-12(20)16-7-5-15(6-8-16)9-11(18)19/h3-9H2,1-2H3,(H,13,20)(H,18,19). The molecule has 1 aliphatic rings. The van der Waals surface area contributed by atoms with Gasteiger partial charge in [-0.05, 0) is 0 Å². The van der Waals surface area contributed by atoms with E-state index in [9.17, 15) is 14.4 Å². The Morgan fingerprint density at radius 1 is 1.15 bits per heavy atom. The molecule has 1 fully saturated rings. The fourth-order valence-electron chi connectivity index (χ4n) is 1.91. The van der Waals surface area contributed by atoms with E-state index in [1.54, 1.807) is 23.9 Å². The lowest BCUT2D eigenvalue weighted by Gasteiger charge is -2.33. The molecule has 1 heterocycles. The molecule has 0 aromatic heterocycles. The number of amides is 3. The highest BCUT2D eigenvalue weighted by atomic mass is 16.4. The molecule has 1 rings (SSSR count). The zero-order valence-corrected chi connectivity index (χ0v) is 12.0. The van der Waals surface area contributed by atoms with E-state index in [1.807, 2.05) is 0 Å². The van der Waals surface area contributed by atoms with E-state index >= 15 is 0 Å². The third-order valence-electron chi connectivity index (χ3n) is 3.13. The molecule has 20 heavy (non-hydrogen) atoms. The lowest BCUT2D eigenvalue weighted by atomic mass is 10.3. The maximum absolute atomic E-state index is 11.8. The molecule has 0 aromatic carbocycles. The van der Waals surface area contributed by atoms with Crippen molar-refractivity contribution in [2.45, 2.75) is 6.42 Å². The number of carbonyl (C=O) groups is 3. The molecule has 0 bridgehead atoms. The van der Waals surface area contributed by atoms with Gasteiger partial charge in [0.15, 0.2) is 0 Å². The van der Waals surface area contributed by atoms with Crippen molar-refractivity contribution in [3.63, 3.8) is 0 Å². The van der Waals surface area contributed by atoms with Crippen LogP contribution in [0.15, 0.2) is 0 Å². The maximum atomic E-state index is 11.8. The number of urea groups is 1. The van der Waals surface area contributed by atoms with Crippen LogP contribution in [0.25, 0.3) is 0 Å². The average molecular weight is 286 g/mol. The number of rotatable bonds is 5. The summed E-state index contributed by atoms with van der Waals surface area (Å²) in [6.45, 7) is 2.42. The number of nitrogens with one attached hydrogen (secondary N) is 1. The van der Waals surface area contributed by atoms with Crippen molar-refractivity contribution >= 4 is 17.9 Å². The van der Waals surface area contributed by atoms with E-state index in [0.29, 0.717) is 32.7 Å². The second-order valence-electron chi connectivity index (χ2n) is 4.93. The number of carboxylic acids is 1. The molecule has 0 saturated carbocycles. The van der Waals surface area contributed by atoms with Gasteiger partial charge in [-0.25, -0.2) is 4.79 Å². The molecule has 0 radical (unpaired) electrons. The normalized spacial score (nSPS) is 15.8. The van der Waals surface area contributed by atoms with Crippen molar-refractivity contribution in [1.82, 2.24) is 20.0 Å². The summed E-state index contributed by atoms with van der Waals surface area (Å²) in [4.78, 5) is 38.7. The fourth-order valence-corrected chi connectivity index (χ4v) is 1.91. The van der Waals surface area contributed by atoms with Gasteiger partial charge in [0.05, 0.1) is 6.54 Å². The smallest absolute Gasteiger partial charge is 0.317 e. The number of nitrogens with zero attached hydrogens (tertiary/aromatic N) is 3. The SMILES string of the molecule is CN(C)C(=O)CCNC(=O)N1CCN(CC(=O)O)CC1. The highest BCUT2D eigenvalue weighted by Crippen LogP contribution is 2.01. The minimum atomic E-state index is -0.856. The molecule has 0 atom stereocenters. The number of carbonyl (C=O) groups excluding carboxylic acids is 2. The Morgan fingerprint density at radius 2 is 1.75 bits per heavy atom. The lowest BCUT2D eigenvalue weighted by Crippen LogP contribution is -2.52. The van der Waals surface area contributed by atoms with Crippen LogP contribution in [0.3, 0.4) is 0 Å². The van der Waals surface area contributed by atoms with Crippen LogP contribution in [0.1, 0.15) is 6.42 Å². The highest BCUT2D eigenvalue weighted by Gasteiger charge is 2.22. The zero-order valence-electron chi connectivity index (χ0n) is 12.0. The van der Waals surface area contributed by atoms with Gasteiger partial charge >= 0.3 is 12.0 Å². The van der Waals surface area contributed by atoms with Crippen molar-refractivity contribution in [3.05, 3.63) is 0 Å². The Kier molecular flexibility index (Phi) is 6.23. The molecule has 114 valence electrons. The molecule has 3 amide bonds. The number of carboxylic acid groups (broad SMARTS) is 1. The van der Waals surface area contributed by atoms with E-state index in [0.717, 1.165) is 0 Å². The van der Waals surface area contributed by atoms with Crippen LogP contribution in [0, 0.1) is 0 Å². The van der Waals surface area contributed by atoms with Gasteiger partial charge in [0.2, 0.25) is 5.91 Å². The molecule has 2 N–H and O–H groups in total. The predicted molar refractivity (Wildman–Crippen MR) is 72.4 cm³/mol. The first-order chi connectivity index (χ1) is 9.40. The summed E-state index contributed by atoms with van der Waals surface area (Å²) < 4.78 is 0. The summed E-state index contributed by atoms with van der Waals surface area (Å²) in [6.07, 6.45) is 0.276. The third kappa shape index (κ3) is 5.43. The largest absolute Gasteiger partial charge is 0.480 e. The van der Waals surface area contributed by atoms with Crippen molar-refractivity contribution in [2.24, 2.45) is 0 Å². The van der Waals surface area contributed by atoms with Gasteiger partial charge in [-0.15, -0.1) is 0 Å². The van der Waals surface area contributed by atoms with Crippen molar-refractivity contribution < 1.29 is 19.5 Å². The van der Waals surface area contributed by atoms with Crippen LogP contribution >= 0.6 is 0 Å². The number of hydrogen-bond acceptors (Lipinski definition) is 4. The maximum Gasteiger partial charge on any atom is 0.317 e. The van der Waals surface area contributed by atoms with Gasteiger partial charge in [-0.2, -0.15) is 0 Å². The van der Waals surface area contributed by atoms with E-state index < -0.39 is 5.97 Å². The van der Waals surface area contributed by atoms with Gasteiger partial charge in [0.1, 0.15) is 0 Å². The Labute approximate surface area is 118 Å². The summed E-state index contributed by atoms with van der Waals surface area (Å²) in [5.74, 6) is -0.887. The number of hydrogen-bond donors (Lipinski definition) is 2. The Bertz CT molecular complexity index is 364. The summed E-state index contributed by atoms with van der Waals surface area (Å²) in [6, 6.07) is -0.202. The van der Waals surface area contributed by atoms with Crippen LogP contribution in [-0.2, 0) is 9.59 Å². The van der Waals surface area contributed by atoms with Gasteiger partial charge in [-0.1, -0.05) is 0 Å². The quantitative estimate of drug-likeness (QED) is 0.667. The highest BCUT2D eigenvalue weighted by molar-refractivity contribution is 5.78. The summed E-state index contributed by atoms with van der Waals surface area (Å²) >= 11 is 0. The van der Waals surface area contributed by atoms with Crippen molar-refractivity contribution in [1.29, 1.82) is 0 Å².